The second-order valence-corrected chi connectivity index (χ2v) is 5.14. The fraction of sp³-hybridized carbons (Fsp3) is 0.500. The van der Waals surface area contributed by atoms with Crippen molar-refractivity contribution in [3.05, 3.63) is 33.7 Å². The number of pyridine rings is 1. The Labute approximate surface area is 117 Å². The molecular formula is C14H19N3O3. The number of nitrogens with zero attached hydrogens (tertiary/aromatic N) is 2. The topological polar surface area (TPSA) is 73.5 Å². The number of aromatic nitrogens is 1. The fourth-order valence-electron chi connectivity index (χ4n) is 2.29. The Kier molecular flexibility index (Phi) is 4.22. The maximum Gasteiger partial charge on any atom is 0.259 e. The molecule has 2 heterocycles. The molecule has 1 aliphatic rings. The van der Waals surface area contributed by atoms with Gasteiger partial charge in [0.1, 0.15) is 5.56 Å². The number of rotatable bonds is 3. The molecule has 108 valence electrons. The number of nitrogens with one attached hydrogen (secondary N) is 1. The van der Waals surface area contributed by atoms with Crippen LogP contribution in [0.4, 0.5) is 0 Å². The predicted octanol–water partition coefficient (Wildman–Crippen LogP) is 0.378. The van der Waals surface area contributed by atoms with E-state index in [0.29, 0.717) is 5.69 Å². The molecule has 1 aromatic heterocycles. The molecule has 2 rings (SSSR count). The number of hydrogen-bond acceptors (Lipinski definition) is 3. The van der Waals surface area contributed by atoms with Gasteiger partial charge in [0.05, 0.1) is 6.54 Å². The smallest absolute Gasteiger partial charge is 0.259 e. The quantitative estimate of drug-likeness (QED) is 0.868. The number of amides is 2. The van der Waals surface area contributed by atoms with E-state index < -0.39 is 5.91 Å². The van der Waals surface area contributed by atoms with E-state index in [9.17, 15) is 14.4 Å². The van der Waals surface area contributed by atoms with Crippen LogP contribution < -0.4 is 5.43 Å². The summed E-state index contributed by atoms with van der Waals surface area (Å²) >= 11 is 0. The van der Waals surface area contributed by atoms with Crippen molar-refractivity contribution in [2.75, 3.05) is 26.7 Å². The summed E-state index contributed by atoms with van der Waals surface area (Å²) in [6.45, 7) is 3.26. The number of hydrogen-bond donors (Lipinski definition) is 1. The highest BCUT2D eigenvalue weighted by molar-refractivity contribution is 5.96. The van der Waals surface area contributed by atoms with Crippen LogP contribution in [0.5, 0.6) is 0 Å². The van der Waals surface area contributed by atoms with Gasteiger partial charge in [-0.15, -0.1) is 0 Å². The van der Waals surface area contributed by atoms with Crippen molar-refractivity contribution in [1.82, 2.24) is 14.8 Å². The normalized spacial score (nSPS) is 14.4. The molecule has 1 aliphatic heterocycles. The SMILES string of the molecule is Cc1cc(=O)c(C(=O)N(C)CC(=O)N2CCCC2)c[nH]1. The summed E-state index contributed by atoms with van der Waals surface area (Å²) < 4.78 is 0. The van der Waals surface area contributed by atoms with Gasteiger partial charge in [0.2, 0.25) is 5.91 Å². The number of likely N-dealkylation sites (N-methyl/N-ethyl adjacent to an activating group) is 1. The van der Waals surface area contributed by atoms with Crippen LogP contribution in [0.15, 0.2) is 17.1 Å². The molecule has 0 bridgehead atoms. The van der Waals surface area contributed by atoms with Crippen molar-refractivity contribution in [1.29, 1.82) is 0 Å². The van der Waals surface area contributed by atoms with Crippen LogP contribution >= 0.6 is 0 Å². The lowest BCUT2D eigenvalue weighted by Gasteiger charge is -2.21. The van der Waals surface area contributed by atoms with E-state index in [1.54, 1.807) is 11.8 Å². The number of carbonyl (C=O) groups is 2. The van der Waals surface area contributed by atoms with Gasteiger partial charge in [0.15, 0.2) is 5.43 Å². The zero-order valence-electron chi connectivity index (χ0n) is 11.8. The van der Waals surface area contributed by atoms with Crippen LogP contribution in [0.25, 0.3) is 0 Å². The third-order valence-corrected chi connectivity index (χ3v) is 3.47. The summed E-state index contributed by atoms with van der Waals surface area (Å²) in [5.41, 5.74) is 0.432. The summed E-state index contributed by atoms with van der Waals surface area (Å²) in [7, 11) is 1.54. The first-order valence-corrected chi connectivity index (χ1v) is 6.71. The first-order valence-electron chi connectivity index (χ1n) is 6.71. The van der Waals surface area contributed by atoms with E-state index >= 15 is 0 Å². The van der Waals surface area contributed by atoms with Gasteiger partial charge in [-0.05, 0) is 19.8 Å². The third kappa shape index (κ3) is 3.07. The van der Waals surface area contributed by atoms with Crippen LogP contribution in [0.2, 0.25) is 0 Å². The van der Waals surface area contributed by atoms with Crippen LogP contribution in [0.3, 0.4) is 0 Å². The number of carbonyl (C=O) groups excluding carboxylic acids is 2. The first kappa shape index (κ1) is 14.3. The molecule has 0 radical (unpaired) electrons. The summed E-state index contributed by atoms with van der Waals surface area (Å²) in [5, 5.41) is 0. The van der Waals surface area contributed by atoms with E-state index in [1.807, 2.05) is 0 Å². The van der Waals surface area contributed by atoms with Gasteiger partial charge in [-0.3, -0.25) is 14.4 Å². The molecule has 0 saturated carbocycles. The van der Waals surface area contributed by atoms with E-state index in [4.69, 9.17) is 0 Å². The lowest BCUT2D eigenvalue weighted by atomic mass is 10.2. The molecule has 2 amide bonds. The van der Waals surface area contributed by atoms with Gasteiger partial charge in [-0.2, -0.15) is 0 Å². The van der Waals surface area contributed by atoms with Gasteiger partial charge in [-0.1, -0.05) is 0 Å². The first-order chi connectivity index (χ1) is 9.49. The number of likely N-dealkylation sites (tertiary alicyclic amines) is 1. The summed E-state index contributed by atoms with van der Waals surface area (Å²) in [4.78, 5) is 41.8. The van der Waals surface area contributed by atoms with E-state index in [-0.39, 0.29) is 23.4 Å². The maximum absolute atomic E-state index is 12.2. The minimum atomic E-state index is -0.432. The van der Waals surface area contributed by atoms with Gasteiger partial charge >= 0.3 is 0 Å². The molecule has 0 unspecified atom stereocenters. The Balaban J connectivity index is 2.04. The molecule has 1 N–H and O–H groups in total. The monoisotopic (exact) mass is 277 g/mol. The fourth-order valence-corrected chi connectivity index (χ4v) is 2.29. The third-order valence-electron chi connectivity index (χ3n) is 3.47. The predicted molar refractivity (Wildman–Crippen MR) is 74.6 cm³/mol. The highest BCUT2D eigenvalue weighted by Gasteiger charge is 2.22. The Morgan fingerprint density at radius 3 is 2.60 bits per heavy atom. The average Bonchev–Trinajstić information content (AvgIpc) is 2.91. The minimum absolute atomic E-state index is 0.00610. The molecule has 20 heavy (non-hydrogen) atoms. The zero-order valence-corrected chi connectivity index (χ0v) is 11.8. The Morgan fingerprint density at radius 1 is 1.35 bits per heavy atom. The van der Waals surface area contributed by atoms with Crippen LogP contribution in [-0.2, 0) is 4.79 Å². The summed E-state index contributed by atoms with van der Waals surface area (Å²) in [5.74, 6) is -0.499. The Hall–Kier alpha value is -2.11. The molecular weight excluding hydrogens is 258 g/mol. The van der Waals surface area contributed by atoms with Gasteiger partial charge in [0, 0.05) is 38.1 Å². The van der Waals surface area contributed by atoms with Crippen molar-refractivity contribution in [3.63, 3.8) is 0 Å². The largest absolute Gasteiger partial charge is 0.364 e. The minimum Gasteiger partial charge on any atom is -0.364 e. The molecule has 0 atom stereocenters. The average molecular weight is 277 g/mol. The Morgan fingerprint density at radius 2 is 2.00 bits per heavy atom. The molecule has 1 aromatic rings. The Bertz CT molecular complexity index is 573. The highest BCUT2D eigenvalue weighted by Crippen LogP contribution is 2.08. The molecule has 0 aliphatic carbocycles. The van der Waals surface area contributed by atoms with Gasteiger partial charge in [0.25, 0.3) is 5.91 Å². The van der Waals surface area contributed by atoms with Crippen molar-refractivity contribution < 1.29 is 9.59 Å². The summed E-state index contributed by atoms with van der Waals surface area (Å²) in [6.07, 6.45) is 3.43. The van der Waals surface area contributed by atoms with Crippen LogP contribution in [-0.4, -0.2) is 53.3 Å². The lowest BCUT2D eigenvalue weighted by molar-refractivity contribution is -0.130. The second kappa shape index (κ2) is 5.90. The highest BCUT2D eigenvalue weighted by atomic mass is 16.2. The summed E-state index contributed by atoms with van der Waals surface area (Å²) in [6, 6.07) is 1.38. The molecule has 1 fully saturated rings. The van der Waals surface area contributed by atoms with Crippen molar-refractivity contribution >= 4 is 11.8 Å². The zero-order chi connectivity index (χ0) is 14.7. The van der Waals surface area contributed by atoms with Crippen LogP contribution in [0.1, 0.15) is 28.9 Å². The van der Waals surface area contributed by atoms with E-state index in [0.717, 1.165) is 25.9 Å². The molecule has 6 heteroatoms. The van der Waals surface area contributed by atoms with E-state index in [1.165, 1.54) is 24.2 Å². The van der Waals surface area contributed by atoms with Gasteiger partial charge in [-0.25, -0.2) is 0 Å². The second-order valence-electron chi connectivity index (χ2n) is 5.14. The van der Waals surface area contributed by atoms with Crippen molar-refractivity contribution in [3.8, 4) is 0 Å². The van der Waals surface area contributed by atoms with Crippen LogP contribution in [0, 0.1) is 6.92 Å². The molecule has 0 aromatic carbocycles. The maximum atomic E-state index is 12.2. The van der Waals surface area contributed by atoms with Crippen molar-refractivity contribution in [2.24, 2.45) is 0 Å². The number of H-pyrrole nitrogens is 1. The number of aromatic amines is 1. The lowest BCUT2D eigenvalue weighted by Crippen LogP contribution is -2.41. The number of aryl methyl sites for hydroxylation is 1. The van der Waals surface area contributed by atoms with Gasteiger partial charge < -0.3 is 14.8 Å². The van der Waals surface area contributed by atoms with E-state index in [2.05, 4.69) is 4.98 Å². The molecule has 0 spiro atoms. The molecule has 1 saturated heterocycles. The van der Waals surface area contributed by atoms with Crippen molar-refractivity contribution in [2.45, 2.75) is 19.8 Å². The standard InChI is InChI=1S/C14H19N3O3/c1-10-7-12(18)11(8-15-10)14(20)16(2)9-13(19)17-5-3-4-6-17/h7-8H,3-6,9H2,1-2H3,(H,15,18). The molecule has 6 nitrogen and oxygen atoms in total.